The van der Waals surface area contributed by atoms with Gasteiger partial charge in [-0.1, -0.05) is 23.2 Å². The summed E-state index contributed by atoms with van der Waals surface area (Å²) in [6, 6.07) is 5.30. The zero-order chi connectivity index (χ0) is 18.6. The van der Waals surface area contributed by atoms with E-state index in [0.29, 0.717) is 16.7 Å². The molecule has 2 aromatic rings. The van der Waals surface area contributed by atoms with Crippen molar-refractivity contribution in [2.24, 2.45) is 0 Å². The smallest absolute Gasteiger partial charge is 0.276 e. The lowest BCUT2D eigenvalue weighted by Gasteiger charge is -2.19. The first-order valence-corrected chi connectivity index (χ1v) is 8.68. The molecule has 0 aliphatic rings. The molecule has 0 aliphatic heterocycles. The summed E-state index contributed by atoms with van der Waals surface area (Å²) in [7, 11) is 3.80. The summed E-state index contributed by atoms with van der Waals surface area (Å²) >= 11 is 12.3. The molecule has 25 heavy (non-hydrogen) atoms. The number of nitrogens with one attached hydrogen (secondary N) is 1. The first kappa shape index (κ1) is 19.3. The molecule has 0 unspecified atom stereocenters. The van der Waals surface area contributed by atoms with E-state index < -0.39 is 5.91 Å². The largest absolute Gasteiger partial charge is 0.376 e. The third-order valence-electron chi connectivity index (χ3n) is 3.68. The van der Waals surface area contributed by atoms with Crippen LogP contribution in [0.2, 0.25) is 10.0 Å². The Morgan fingerprint density at radius 3 is 2.40 bits per heavy atom. The van der Waals surface area contributed by atoms with E-state index in [1.54, 1.807) is 12.1 Å². The fourth-order valence-electron chi connectivity index (χ4n) is 2.31. The fourth-order valence-corrected chi connectivity index (χ4v) is 2.84. The van der Waals surface area contributed by atoms with Crippen molar-refractivity contribution >= 4 is 46.4 Å². The van der Waals surface area contributed by atoms with Gasteiger partial charge < -0.3 is 15.1 Å². The molecule has 1 aromatic carbocycles. The molecule has 1 heterocycles. The number of nitrogens with zero attached hydrogens (tertiary/aromatic N) is 4. The predicted molar refractivity (Wildman–Crippen MR) is 104 cm³/mol. The number of anilines is 3. The van der Waals surface area contributed by atoms with Crippen molar-refractivity contribution in [1.82, 2.24) is 9.97 Å². The molecule has 0 fully saturated rings. The number of carbonyl (C=O) groups is 1. The van der Waals surface area contributed by atoms with Crippen LogP contribution in [0.3, 0.4) is 0 Å². The Balaban J connectivity index is 2.26. The zero-order valence-corrected chi connectivity index (χ0v) is 16.2. The Morgan fingerprint density at radius 1 is 1.16 bits per heavy atom. The molecule has 0 aliphatic carbocycles. The Bertz CT molecular complexity index is 763. The van der Waals surface area contributed by atoms with Crippen molar-refractivity contribution in [2.45, 2.75) is 13.8 Å². The van der Waals surface area contributed by atoms with E-state index in [4.69, 9.17) is 23.2 Å². The van der Waals surface area contributed by atoms with E-state index in [9.17, 15) is 4.79 Å². The van der Waals surface area contributed by atoms with Gasteiger partial charge in [0, 0.05) is 32.9 Å². The van der Waals surface area contributed by atoms with E-state index in [1.165, 1.54) is 6.20 Å². The highest BCUT2D eigenvalue weighted by atomic mass is 35.5. The second kappa shape index (κ2) is 8.36. The van der Waals surface area contributed by atoms with Crippen LogP contribution in [-0.2, 0) is 0 Å². The van der Waals surface area contributed by atoms with E-state index in [0.717, 1.165) is 18.8 Å². The lowest BCUT2D eigenvalue weighted by Crippen LogP contribution is -2.25. The molecule has 0 spiro atoms. The van der Waals surface area contributed by atoms with Crippen LogP contribution < -0.4 is 15.1 Å². The number of amides is 1. The average Bonchev–Trinajstić information content (AvgIpc) is 2.57. The Hall–Kier alpha value is -2.05. The fraction of sp³-hybridized carbons (Fsp3) is 0.353. The van der Waals surface area contributed by atoms with Gasteiger partial charge in [0.1, 0.15) is 0 Å². The summed E-state index contributed by atoms with van der Waals surface area (Å²) in [5.74, 6) is 0.0648. The maximum absolute atomic E-state index is 12.6. The summed E-state index contributed by atoms with van der Waals surface area (Å²) in [6.45, 7) is 5.46. The van der Waals surface area contributed by atoms with Gasteiger partial charge in [-0.3, -0.25) is 4.79 Å². The minimum absolute atomic E-state index is 0.131. The van der Waals surface area contributed by atoms with Crippen molar-refractivity contribution in [3.05, 3.63) is 40.1 Å². The van der Waals surface area contributed by atoms with Crippen LogP contribution in [0.5, 0.6) is 0 Å². The second-order valence-electron chi connectivity index (χ2n) is 5.55. The zero-order valence-electron chi connectivity index (χ0n) is 14.7. The first-order valence-electron chi connectivity index (χ1n) is 7.93. The highest BCUT2D eigenvalue weighted by molar-refractivity contribution is 6.34. The number of aromatic nitrogens is 2. The van der Waals surface area contributed by atoms with Gasteiger partial charge in [0.2, 0.25) is 5.95 Å². The lowest BCUT2D eigenvalue weighted by molar-refractivity contribution is 0.102. The molecule has 0 saturated heterocycles. The molecule has 6 nitrogen and oxygen atoms in total. The van der Waals surface area contributed by atoms with Crippen LogP contribution in [0.1, 0.15) is 24.3 Å². The van der Waals surface area contributed by atoms with Crippen LogP contribution in [-0.4, -0.2) is 43.1 Å². The molecular formula is C17H21Cl2N5O. The monoisotopic (exact) mass is 381 g/mol. The molecule has 0 radical (unpaired) electrons. The molecule has 1 N–H and O–H groups in total. The van der Waals surface area contributed by atoms with Gasteiger partial charge in [0.05, 0.1) is 21.9 Å². The Kier molecular flexibility index (Phi) is 6.45. The second-order valence-corrected chi connectivity index (χ2v) is 6.37. The van der Waals surface area contributed by atoms with Crippen molar-refractivity contribution in [1.29, 1.82) is 0 Å². The lowest BCUT2D eigenvalue weighted by atomic mass is 10.2. The topological polar surface area (TPSA) is 61.4 Å². The maximum Gasteiger partial charge on any atom is 0.276 e. The summed E-state index contributed by atoms with van der Waals surface area (Å²) in [6.07, 6.45) is 1.44. The molecule has 134 valence electrons. The van der Waals surface area contributed by atoms with Crippen LogP contribution in [0.4, 0.5) is 17.3 Å². The molecule has 8 heteroatoms. The number of rotatable bonds is 6. The molecule has 2 rings (SSSR count). The molecular weight excluding hydrogens is 361 g/mol. The number of halogens is 2. The van der Waals surface area contributed by atoms with Gasteiger partial charge in [-0.05, 0) is 32.0 Å². The number of hydrogen-bond donors (Lipinski definition) is 1. The van der Waals surface area contributed by atoms with Crippen molar-refractivity contribution < 1.29 is 4.79 Å². The summed E-state index contributed by atoms with van der Waals surface area (Å²) in [5, 5.41) is 3.51. The van der Waals surface area contributed by atoms with E-state index in [2.05, 4.69) is 15.3 Å². The average molecular weight is 382 g/mol. The van der Waals surface area contributed by atoms with Crippen molar-refractivity contribution in [3.63, 3.8) is 0 Å². The molecule has 1 amide bonds. The van der Waals surface area contributed by atoms with Crippen LogP contribution in [0.15, 0.2) is 24.4 Å². The van der Waals surface area contributed by atoms with Crippen molar-refractivity contribution in [2.75, 3.05) is 42.3 Å². The third-order valence-corrected chi connectivity index (χ3v) is 4.26. The standard InChI is InChI=1S/C17H21Cl2N5O/c1-5-24(6-2)17-20-10-13(19)15(22-17)16(25)21-11-7-8-14(23(3)4)12(18)9-11/h7-10H,5-6H2,1-4H3,(H,21,25). The highest BCUT2D eigenvalue weighted by Gasteiger charge is 2.17. The maximum atomic E-state index is 12.6. The van der Waals surface area contributed by atoms with E-state index >= 15 is 0 Å². The summed E-state index contributed by atoms with van der Waals surface area (Å²) < 4.78 is 0. The SMILES string of the molecule is CCN(CC)c1ncc(Cl)c(C(=O)Nc2ccc(N(C)C)c(Cl)c2)n1. The van der Waals surface area contributed by atoms with E-state index in [-0.39, 0.29) is 10.7 Å². The van der Waals surface area contributed by atoms with Crippen LogP contribution in [0, 0.1) is 0 Å². The van der Waals surface area contributed by atoms with Gasteiger partial charge in [0.25, 0.3) is 5.91 Å². The van der Waals surface area contributed by atoms with Gasteiger partial charge in [-0.2, -0.15) is 0 Å². The van der Waals surface area contributed by atoms with Crippen molar-refractivity contribution in [3.8, 4) is 0 Å². The Morgan fingerprint density at radius 2 is 1.84 bits per heavy atom. The van der Waals surface area contributed by atoms with Gasteiger partial charge in [-0.25, -0.2) is 9.97 Å². The Labute approximate surface area is 157 Å². The van der Waals surface area contributed by atoms with Gasteiger partial charge in [0.15, 0.2) is 5.69 Å². The number of carbonyl (C=O) groups excluding carboxylic acids is 1. The van der Waals surface area contributed by atoms with Gasteiger partial charge >= 0.3 is 0 Å². The van der Waals surface area contributed by atoms with Crippen LogP contribution >= 0.6 is 23.2 Å². The minimum atomic E-state index is -0.408. The highest BCUT2D eigenvalue weighted by Crippen LogP contribution is 2.28. The van der Waals surface area contributed by atoms with Gasteiger partial charge in [-0.15, -0.1) is 0 Å². The first-order chi connectivity index (χ1) is 11.9. The quantitative estimate of drug-likeness (QED) is 0.820. The number of benzene rings is 1. The normalized spacial score (nSPS) is 10.5. The predicted octanol–water partition coefficient (Wildman–Crippen LogP) is 3.95. The molecule has 1 aromatic heterocycles. The third kappa shape index (κ3) is 4.52. The minimum Gasteiger partial charge on any atom is -0.376 e. The molecule has 0 bridgehead atoms. The van der Waals surface area contributed by atoms with E-state index in [1.807, 2.05) is 43.8 Å². The number of hydrogen-bond acceptors (Lipinski definition) is 5. The van der Waals surface area contributed by atoms with Crippen LogP contribution in [0.25, 0.3) is 0 Å². The molecule has 0 saturated carbocycles. The summed E-state index contributed by atoms with van der Waals surface area (Å²) in [4.78, 5) is 24.9. The molecule has 0 atom stereocenters. The summed E-state index contributed by atoms with van der Waals surface area (Å²) in [5.41, 5.74) is 1.56.